The molecule has 1 atom stereocenters. The molecule has 9 heteroatoms. The van der Waals surface area contributed by atoms with Crippen molar-refractivity contribution < 1.29 is 19.5 Å². The van der Waals surface area contributed by atoms with Crippen molar-refractivity contribution >= 4 is 23.6 Å². The number of benzene rings is 2. The SMILES string of the molecule is CN(CCN1CCC(NC(=O)Nc2ccccc2-c2ccccc2)CC1)C(=O)CCCCN1CCC[C@@H](C(=O)O)C1. The predicted molar refractivity (Wildman–Crippen MR) is 162 cm³/mol. The van der Waals surface area contributed by atoms with Crippen LogP contribution in [0.25, 0.3) is 11.1 Å². The molecule has 3 N–H and O–H groups in total. The van der Waals surface area contributed by atoms with Gasteiger partial charge >= 0.3 is 12.0 Å². The largest absolute Gasteiger partial charge is 0.481 e. The first-order valence-corrected chi connectivity index (χ1v) is 15.0. The van der Waals surface area contributed by atoms with Crippen LogP contribution < -0.4 is 10.6 Å². The quantitative estimate of drug-likeness (QED) is 0.332. The lowest BCUT2D eigenvalue weighted by molar-refractivity contribution is -0.143. The van der Waals surface area contributed by atoms with Gasteiger partial charge in [0.2, 0.25) is 5.91 Å². The number of unbranched alkanes of at least 4 members (excludes halogenated alkanes) is 1. The predicted octanol–water partition coefficient (Wildman–Crippen LogP) is 4.36. The van der Waals surface area contributed by atoms with E-state index in [2.05, 4.69) is 20.4 Å². The summed E-state index contributed by atoms with van der Waals surface area (Å²) in [5.74, 6) is -0.786. The monoisotopic (exact) mass is 563 g/mol. The number of anilines is 1. The summed E-state index contributed by atoms with van der Waals surface area (Å²) in [7, 11) is 1.87. The highest BCUT2D eigenvalue weighted by atomic mass is 16.4. The van der Waals surface area contributed by atoms with Gasteiger partial charge in [-0.2, -0.15) is 0 Å². The summed E-state index contributed by atoms with van der Waals surface area (Å²) in [5.41, 5.74) is 2.85. The first-order valence-electron chi connectivity index (χ1n) is 15.0. The third-order valence-electron chi connectivity index (χ3n) is 8.33. The van der Waals surface area contributed by atoms with Gasteiger partial charge in [-0.3, -0.25) is 9.59 Å². The lowest BCUT2D eigenvalue weighted by Crippen LogP contribution is -2.47. The molecule has 2 saturated heterocycles. The molecule has 222 valence electrons. The molecule has 9 nitrogen and oxygen atoms in total. The summed E-state index contributed by atoms with van der Waals surface area (Å²) in [6.07, 6.45) is 5.73. The molecule has 2 heterocycles. The number of piperidine rings is 2. The average Bonchev–Trinajstić information content (AvgIpc) is 2.99. The Balaban J connectivity index is 1.09. The van der Waals surface area contributed by atoms with E-state index in [-0.39, 0.29) is 23.9 Å². The maximum Gasteiger partial charge on any atom is 0.319 e. The summed E-state index contributed by atoms with van der Waals surface area (Å²) >= 11 is 0. The van der Waals surface area contributed by atoms with E-state index >= 15 is 0 Å². The van der Waals surface area contributed by atoms with Crippen LogP contribution >= 0.6 is 0 Å². The number of para-hydroxylation sites is 1. The van der Waals surface area contributed by atoms with Crippen molar-refractivity contribution in [3.8, 4) is 11.1 Å². The molecule has 0 aliphatic carbocycles. The normalized spacial score (nSPS) is 18.5. The summed E-state index contributed by atoms with van der Waals surface area (Å²) in [5, 5.41) is 15.4. The van der Waals surface area contributed by atoms with Gasteiger partial charge in [0.05, 0.1) is 11.6 Å². The number of hydrogen-bond acceptors (Lipinski definition) is 5. The van der Waals surface area contributed by atoms with Crippen molar-refractivity contribution in [2.75, 3.05) is 58.2 Å². The van der Waals surface area contributed by atoms with E-state index in [1.165, 1.54) is 0 Å². The van der Waals surface area contributed by atoms with Crippen LogP contribution in [0.15, 0.2) is 54.6 Å². The van der Waals surface area contributed by atoms with Gasteiger partial charge in [0.15, 0.2) is 0 Å². The first-order chi connectivity index (χ1) is 19.9. The summed E-state index contributed by atoms with van der Waals surface area (Å²) < 4.78 is 0. The third kappa shape index (κ3) is 9.57. The van der Waals surface area contributed by atoms with Crippen LogP contribution in [0.1, 0.15) is 44.9 Å². The Labute approximate surface area is 243 Å². The Bertz CT molecular complexity index is 1140. The maximum absolute atomic E-state index is 12.8. The van der Waals surface area contributed by atoms with E-state index in [4.69, 9.17) is 0 Å². The second-order valence-corrected chi connectivity index (χ2v) is 11.4. The molecule has 2 aromatic rings. The van der Waals surface area contributed by atoms with Gasteiger partial charge in [0, 0.05) is 57.8 Å². The van der Waals surface area contributed by atoms with Crippen LogP contribution in [-0.2, 0) is 9.59 Å². The molecule has 2 aliphatic rings. The average molecular weight is 564 g/mol. The van der Waals surface area contributed by atoms with Crippen LogP contribution in [0, 0.1) is 5.92 Å². The lowest BCUT2D eigenvalue weighted by atomic mass is 9.98. The molecule has 2 aliphatic heterocycles. The van der Waals surface area contributed by atoms with Gasteiger partial charge < -0.3 is 30.4 Å². The molecule has 0 spiro atoms. The molecule has 2 fully saturated rings. The van der Waals surface area contributed by atoms with Gasteiger partial charge in [0.1, 0.15) is 0 Å². The number of amides is 3. The van der Waals surface area contributed by atoms with E-state index in [9.17, 15) is 19.5 Å². The number of likely N-dealkylation sites (N-methyl/N-ethyl adjacent to an activating group) is 1. The van der Waals surface area contributed by atoms with E-state index in [1.807, 2.05) is 66.5 Å². The van der Waals surface area contributed by atoms with Gasteiger partial charge in [0.25, 0.3) is 0 Å². The lowest BCUT2D eigenvalue weighted by Gasteiger charge is -2.33. The van der Waals surface area contributed by atoms with Gasteiger partial charge in [-0.25, -0.2) is 4.79 Å². The molecular weight excluding hydrogens is 518 g/mol. The van der Waals surface area contributed by atoms with Crippen molar-refractivity contribution in [3.63, 3.8) is 0 Å². The summed E-state index contributed by atoms with van der Waals surface area (Å²) in [4.78, 5) is 43.0. The number of nitrogens with one attached hydrogen (secondary N) is 2. The van der Waals surface area contributed by atoms with Crippen LogP contribution in [0.2, 0.25) is 0 Å². The van der Waals surface area contributed by atoms with Crippen molar-refractivity contribution in [1.82, 2.24) is 20.0 Å². The Kier molecular flexibility index (Phi) is 11.6. The Morgan fingerprint density at radius 2 is 1.63 bits per heavy atom. The number of urea groups is 1. The van der Waals surface area contributed by atoms with E-state index < -0.39 is 5.97 Å². The maximum atomic E-state index is 12.8. The second-order valence-electron chi connectivity index (χ2n) is 11.4. The summed E-state index contributed by atoms with van der Waals surface area (Å²) in [6, 6.07) is 17.8. The topological polar surface area (TPSA) is 105 Å². The zero-order valence-electron chi connectivity index (χ0n) is 24.3. The number of aliphatic carboxylic acids is 1. The highest BCUT2D eigenvalue weighted by Gasteiger charge is 2.25. The van der Waals surface area contributed by atoms with E-state index in [0.29, 0.717) is 19.5 Å². The van der Waals surface area contributed by atoms with Crippen LogP contribution in [0.5, 0.6) is 0 Å². The molecule has 0 unspecified atom stereocenters. The molecule has 4 rings (SSSR count). The number of carbonyl (C=O) groups is 3. The molecule has 0 aromatic heterocycles. The Morgan fingerprint density at radius 1 is 0.902 bits per heavy atom. The first kappa shape index (κ1) is 30.5. The highest BCUT2D eigenvalue weighted by Crippen LogP contribution is 2.27. The van der Waals surface area contributed by atoms with Crippen LogP contribution in [0.4, 0.5) is 10.5 Å². The second kappa shape index (κ2) is 15.5. The van der Waals surface area contributed by atoms with Crippen LogP contribution in [-0.4, -0.2) is 96.6 Å². The number of likely N-dealkylation sites (tertiary alicyclic amines) is 2. The van der Waals surface area contributed by atoms with Crippen molar-refractivity contribution in [2.45, 2.75) is 51.0 Å². The van der Waals surface area contributed by atoms with Crippen molar-refractivity contribution in [3.05, 3.63) is 54.6 Å². The minimum absolute atomic E-state index is 0.125. The standard InChI is InChI=1S/C32H45N5O4/c1-35(30(38)15-7-8-18-37-19-9-12-26(24-37)31(39)40)22-23-36-20-16-27(17-21-36)33-32(41)34-29-14-6-5-13-28(29)25-10-3-2-4-11-25/h2-6,10-11,13-14,26-27H,7-9,12,15-24H2,1H3,(H,39,40)(H2,33,34,41)/t26-/m1/s1. The van der Waals surface area contributed by atoms with Crippen LogP contribution in [0.3, 0.4) is 0 Å². The number of carboxylic acids is 1. The zero-order valence-corrected chi connectivity index (χ0v) is 24.3. The fourth-order valence-corrected chi connectivity index (χ4v) is 5.79. The number of hydrogen-bond donors (Lipinski definition) is 3. The smallest absolute Gasteiger partial charge is 0.319 e. The van der Waals surface area contributed by atoms with Gasteiger partial charge in [-0.15, -0.1) is 0 Å². The third-order valence-corrected chi connectivity index (χ3v) is 8.33. The Morgan fingerprint density at radius 3 is 2.39 bits per heavy atom. The molecule has 0 saturated carbocycles. The number of rotatable bonds is 12. The van der Waals surface area contributed by atoms with Crippen molar-refractivity contribution in [1.29, 1.82) is 0 Å². The fraction of sp³-hybridized carbons (Fsp3) is 0.531. The molecular formula is C32H45N5O4. The summed E-state index contributed by atoms with van der Waals surface area (Å²) in [6.45, 7) is 5.75. The Hall–Kier alpha value is -3.43. The zero-order chi connectivity index (χ0) is 29.0. The molecule has 3 amide bonds. The molecule has 0 bridgehead atoms. The fourth-order valence-electron chi connectivity index (χ4n) is 5.79. The minimum atomic E-state index is -0.696. The number of carboxylic acid groups (broad SMARTS) is 1. The molecule has 41 heavy (non-hydrogen) atoms. The van der Waals surface area contributed by atoms with E-state index in [0.717, 1.165) is 88.1 Å². The number of carbonyl (C=O) groups excluding carboxylic acids is 2. The van der Waals surface area contributed by atoms with E-state index in [1.54, 1.807) is 0 Å². The van der Waals surface area contributed by atoms with Crippen molar-refractivity contribution in [2.24, 2.45) is 5.92 Å². The van der Waals surface area contributed by atoms with Gasteiger partial charge in [-0.1, -0.05) is 48.5 Å². The minimum Gasteiger partial charge on any atom is -0.481 e. The molecule has 2 aromatic carbocycles. The number of nitrogens with zero attached hydrogens (tertiary/aromatic N) is 3. The highest BCUT2D eigenvalue weighted by molar-refractivity contribution is 5.94. The molecule has 0 radical (unpaired) electrons. The van der Waals surface area contributed by atoms with Gasteiger partial charge in [-0.05, 0) is 63.2 Å².